The van der Waals surface area contributed by atoms with Gasteiger partial charge in [0.25, 0.3) is 17.7 Å². The van der Waals surface area contributed by atoms with Gasteiger partial charge in [0.1, 0.15) is 23.3 Å². The highest BCUT2D eigenvalue weighted by Gasteiger charge is 2.46. The largest absolute Gasteiger partial charge is 0.493 e. The van der Waals surface area contributed by atoms with E-state index in [2.05, 4.69) is 42.2 Å². The first-order valence-corrected chi connectivity index (χ1v) is 24.6. The Morgan fingerprint density at radius 2 is 1.62 bits per heavy atom. The molecule has 10 rings (SSSR count). The lowest BCUT2D eigenvalue weighted by Crippen LogP contribution is -2.54. The molecule has 3 aromatic heterocycles. The number of pyridine rings is 2. The lowest BCUT2D eigenvalue weighted by molar-refractivity contribution is -0.136. The zero-order valence-electron chi connectivity index (χ0n) is 40.1. The molecule has 6 aromatic rings. The van der Waals surface area contributed by atoms with Crippen LogP contribution in [0.1, 0.15) is 91.3 Å². The average molecular weight is 963 g/mol. The maximum atomic E-state index is 13.7. The van der Waals surface area contributed by atoms with Gasteiger partial charge in [-0.25, -0.2) is 15.0 Å². The van der Waals surface area contributed by atoms with E-state index in [-0.39, 0.29) is 29.9 Å². The number of anilines is 1. The molecule has 2 saturated heterocycles. The number of fused-ring (bicyclic) bond motifs is 3. The van der Waals surface area contributed by atoms with Gasteiger partial charge in [0.2, 0.25) is 11.8 Å². The van der Waals surface area contributed by atoms with Gasteiger partial charge in [-0.3, -0.25) is 44.1 Å². The molecule has 0 saturated carbocycles. The van der Waals surface area contributed by atoms with Crippen molar-refractivity contribution in [1.82, 2.24) is 44.9 Å². The Kier molecular flexibility index (Phi) is 14.2. The van der Waals surface area contributed by atoms with Crippen molar-refractivity contribution in [2.75, 3.05) is 64.8 Å². The van der Waals surface area contributed by atoms with Crippen LogP contribution in [0.2, 0.25) is 0 Å². The van der Waals surface area contributed by atoms with E-state index in [0.717, 1.165) is 107 Å². The number of piperazine rings is 1. The first kappa shape index (κ1) is 47.5. The Morgan fingerprint density at radius 1 is 0.819 bits per heavy atom. The monoisotopic (exact) mass is 962 g/mol. The van der Waals surface area contributed by atoms with Crippen LogP contribution in [-0.4, -0.2) is 135 Å². The third-order valence-electron chi connectivity index (χ3n) is 13.6. The summed E-state index contributed by atoms with van der Waals surface area (Å²) in [4.78, 5) is 90.8. The molecule has 364 valence electrons. The van der Waals surface area contributed by atoms with E-state index in [1.165, 1.54) is 0 Å². The second kappa shape index (κ2) is 21.5. The van der Waals surface area contributed by atoms with Crippen molar-refractivity contribution in [2.45, 2.75) is 51.1 Å². The van der Waals surface area contributed by atoms with Crippen LogP contribution in [0.3, 0.4) is 0 Å². The molecule has 0 spiro atoms. The van der Waals surface area contributed by atoms with E-state index in [9.17, 15) is 24.0 Å². The van der Waals surface area contributed by atoms with Gasteiger partial charge in [-0.15, -0.1) is 0 Å². The minimum absolute atomic E-state index is 0.0367. The SMILES string of the molecule is CNc1nc(-c2cnc3ccccc3c2)nc2c1CCN(C(=O)c1ccc(/C=C/c3ccc(C#CCN4CCN(CCCCCOc5cccc6c5C(=O)N(C5CCC(=O)NC5=O)C6=O)CC4)nc3)cc1)C2. The van der Waals surface area contributed by atoms with Crippen LogP contribution in [0.4, 0.5) is 5.82 Å². The third-order valence-corrected chi connectivity index (χ3v) is 13.6. The molecule has 2 fully saturated rings. The van der Waals surface area contributed by atoms with Gasteiger partial charge in [-0.1, -0.05) is 60.5 Å². The lowest BCUT2D eigenvalue weighted by Gasteiger charge is -2.33. The zero-order valence-corrected chi connectivity index (χ0v) is 40.1. The van der Waals surface area contributed by atoms with Crippen LogP contribution in [-0.2, 0) is 22.6 Å². The summed E-state index contributed by atoms with van der Waals surface area (Å²) >= 11 is 0. The maximum absolute atomic E-state index is 13.7. The normalized spacial score (nSPS) is 17.2. The Hall–Kier alpha value is -8.13. The number of amides is 5. The standard InChI is InChI=1S/C56H54N10O6/c1-57-52-43-24-27-65(36-46(43)60-51(62-52)41-33-40-9-3-4-12-45(40)59-35-41)54(69)39-19-16-37(17-20-39)14-15-38-18-21-42(58-34-38)10-8-26-64-30-28-63(29-31-64)25-5-2-6-32-72-48-13-7-11-44-50(48)56(71)66(55(44)70)47-22-23-49(67)61-53(47)68/h3-4,7,9,11-21,33-35,47H,2,5-6,22-32,36H2,1H3,(H,57,60,62)(H,61,67,68)/b15-14+. The summed E-state index contributed by atoms with van der Waals surface area (Å²) < 4.78 is 6.00. The number of ether oxygens (including phenoxy) is 1. The van der Waals surface area contributed by atoms with Crippen LogP contribution in [0.5, 0.6) is 5.75 Å². The predicted octanol–water partition coefficient (Wildman–Crippen LogP) is 6.12. The summed E-state index contributed by atoms with van der Waals surface area (Å²) in [5.41, 5.74) is 7.27. The smallest absolute Gasteiger partial charge is 0.266 e. The highest BCUT2D eigenvalue weighted by atomic mass is 16.5. The number of carbonyl (C=O) groups is 5. The number of imide groups is 2. The van der Waals surface area contributed by atoms with Gasteiger partial charge in [0.15, 0.2) is 5.82 Å². The molecular weight excluding hydrogens is 909 g/mol. The van der Waals surface area contributed by atoms with Crippen molar-refractivity contribution in [3.05, 3.63) is 142 Å². The van der Waals surface area contributed by atoms with E-state index in [4.69, 9.17) is 14.7 Å². The Morgan fingerprint density at radius 3 is 2.43 bits per heavy atom. The number of hydrogen-bond donors (Lipinski definition) is 2. The van der Waals surface area contributed by atoms with E-state index >= 15 is 0 Å². The van der Waals surface area contributed by atoms with Gasteiger partial charge in [0, 0.05) is 80.7 Å². The van der Waals surface area contributed by atoms with E-state index in [0.29, 0.717) is 49.8 Å². The topological polar surface area (TPSA) is 183 Å². The summed E-state index contributed by atoms with van der Waals surface area (Å²) in [5.74, 6) is 6.02. The molecule has 16 heteroatoms. The molecule has 0 radical (unpaired) electrons. The number of aromatic nitrogens is 4. The van der Waals surface area contributed by atoms with Crippen molar-refractivity contribution in [2.24, 2.45) is 0 Å². The Bertz CT molecular complexity index is 3160. The highest BCUT2D eigenvalue weighted by molar-refractivity contribution is 6.24. The molecule has 5 amide bonds. The highest BCUT2D eigenvalue weighted by Crippen LogP contribution is 2.34. The van der Waals surface area contributed by atoms with Gasteiger partial charge >= 0.3 is 0 Å². The number of para-hydroxylation sites is 1. The minimum atomic E-state index is -1.01. The number of rotatable bonds is 14. The first-order chi connectivity index (χ1) is 35.2. The van der Waals surface area contributed by atoms with Gasteiger partial charge in [0.05, 0.1) is 42.0 Å². The van der Waals surface area contributed by atoms with E-state index < -0.39 is 29.7 Å². The molecule has 2 N–H and O–H groups in total. The quantitative estimate of drug-likeness (QED) is 0.0725. The van der Waals surface area contributed by atoms with E-state index in [1.54, 1.807) is 24.4 Å². The van der Waals surface area contributed by atoms with Gasteiger partial charge < -0.3 is 19.9 Å². The fraction of sp³-hybridized carbons (Fsp3) is 0.304. The van der Waals surface area contributed by atoms with Crippen molar-refractivity contribution in [3.63, 3.8) is 0 Å². The predicted molar refractivity (Wildman–Crippen MR) is 273 cm³/mol. The lowest BCUT2D eigenvalue weighted by atomic mass is 10.0. The summed E-state index contributed by atoms with van der Waals surface area (Å²) in [6.07, 6.45) is 11.2. The van der Waals surface area contributed by atoms with Crippen molar-refractivity contribution >= 4 is 58.4 Å². The van der Waals surface area contributed by atoms with E-state index in [1.807, 2.05) is 97.0 Å². The molecule has 16 nitrogen and oxygen atoms in total. The number of benzene rings is 3. The molecule has 0 aliphatic carbocycles. The third kappa shape index (κ3) is 10.5. The molecule has 1 atom stereocenters. The average Bonchev–Trinajstić information content (AvgIpc) is 3.67. The van der Waals surface area contributed by atoms with Crippen LogP contribution in [0.25, 0.3) is 34.4 Å². The molecule has 0 bridgehead atoms. The van der Waals surface area contributed by atoms with Crippen LogP contribution in [0.15, 0.2) is 97.3 Å². The summed E-state index contributed by atoms with van der Waals surface area (Å²) in [6.45, 7) is 6.86. The minimum Gasteiger partial charge on any atom is -0.493 e. The Labute approximate surface area is 417 Å². The van der Waals surface area contributed by atoms with Gasteiger partial charge in [-0.05, 0) is 98.2 Å². The van der Waals surface area contributed by atoms with Crippen molar-refractivity contribution in [1.29, 1.82) is 0 Å². The molecule has 4 aliphatic rings. The maximum Gasteiger partial charge on any atom is 0.266 e. The number of piperidine rings is 1. The fourth-order valence-corrected chi connectivity index (χ4v) is 9.64. The molecular formula is C56H54N10O6. The van der Waals surface area contributed by atoms with Crippen LogP contribution >= 0.6 is 0 Å². The second-order valence-electron chi connectivity index (χ2n) is 18.4. The number of unbranched alkanes of at least 4 members (excludes halogenated alkanes) is 2. The van der Waals surface area contributed by atoms with Crippen LogP contribution in [0, 0.1) is 11.8 Å². The van der Waals surface area contributed by atoms with Gasteiger partial charge in [-0.2, -0.15) is 0 Å². The summed E-state index contributed by atoms with van der Waals surface area (Å²) in [7, 11) is 1.86. The molecule has 1 unspecified atom stereocenters. The molecule has 3 aromatic carbocycles. The first-order valence-electron chi connectivity index (χ1n) is 24.6. The van der Waals surface area contributed by atoms with Crippen LogP contribution < -0.4 is 15.4 Å². The zero-order chi connectivity index (χ0) is 49.6. The molecule has 72 heavy (non-hydrogen) atoms. The fourth-order valence-electron chi connectivity index (χ4n) is 9.64. The number of nitrogens with zero attached hydrogens (tertiary/aromatic N) is 8. The van der Waals surface area contributed by atoms with Crippen molar-refractivity contribution < 1.29 is 28.7 Å². The molecule has 4 aliphatic heterocycles. The molecule has 7 heterocycles. The Balaban J connectivity index is 0.632. The second-order valence-corrected chi connectivity index (χ2v) is 18.4. The number of carbonyl (C=O) groups excluding carboxylic acids is 5. The number of hydrogen-bond acceptors (Lipinski definition) is 13. The summed E-state index contributed by atoms with van der Waals surface area (Å²) in [5, 5.41) is 6.48. The van der Waals surface area contributed by atoms with Crippen molar-refractivity contribution in [3.8, 4) is 29.0 Å². The summed E-state index contributed by atoms with van der Waals surface area (Å²) in [6, 6.07) is 25.5. The number of nitrogens with one attached hydrogen (secondary N) is 2.